The van der Waals surface area contributed by atoms with E-state index in [0.29, 0.717) is 13.0 Å². The Morgan fingerprint density at radius 2 is 1.94 bits per heavy atom. The van der Waals surface area contributed by atoms with Gasteiger partial charge in [-0.2, -0.15) is 15.2 Å². The van der Waals surface area contributed by atoms with Crippen LogP contribution in [-0.4, -0.2) is 36.6 Å². The lowest BCUT2D eigenvalue weighted by Crippen LogP contribution is -2.17. The maximum Gasteiger partial charge on any atom is 0.259 e. The summed E-state index contributed by atoms with van der Waals surface area (Å²) >= 11 is 0. The molecule has 1 amide bonds. The first-order valence-corrected chi connectivity index (χ1v) is 5.04. The number of nitrogens with two attached hydrogens (primary N) is 1. The number of carbonyl (C=O) groups is 1. The standard InChI is InChI=1S/C10H13N5O3/c1-17-8-6(7(12)16)9(18-2)15-10(14-8)13-5-3-4-11/h3,5H2,1-2H3,(H2,12,16)(H,13,14,15). The molecular weight excluding hydrogens is 238 g/mol. The second-order valence-corrected chi connectivity index (χ2v) is 3.14. The second-order valence-electron chi connectivity index (χ2n) is 3.14. The predicted octanol–water partition coefficient (Wildman–Crippen LogP) is -0.0817. The molecule has 0 spiro atoms. The minimum atomic E-state index is -0.743. The van der Waals surface area contributed by atoms with Crippen molar-refractivity contribution in [2.45, 2.75) is 6.42 Å². The van der Waals surface area contributed by atoms with Crippen LogP contribution in [0.5, 0.6) is 11.8 Å². The number of ether oxygens (including phenoxy) is 2. The average molecular weight is 251 g/mol. The highest BCUT2D eigenvalue weighted by Crippen LogP contribution is 2.25. The number of carbonyl (C=O) groups excluding carboxylic acids is 1. The average Bonchev–Trinajstić information content (AvgIpc) is 2.37. The summed E-state index contributed by atoms with van der Waals surface area (Å²) < 4.78 is 9.92. The molecule has 3 N–H and O–H groups in total. The summed E-state index contributed by atoms with van der Waals surface area (Å²) in [7, 11) is 2.71. The van der Waals surface area contributed by atoms with Gasteiger partial charge in [0, 0.05) is 6.54 Å². The number of nitrogens with one attached hydrogen (secondary N) is 1. The number of aromatic nitrogens is 2. The molecule has 96 valence electrons. The number of nitrogens with zero attached hydrogens (tertiary/aromatic N) is 3. The van der Waals surface area contributed by atoms with Crippen molar-refractivity contribution in [3.8, 4) is 17.8 Å². The van der Waals surface area contributed by atoms with Gasteiger partial charge in [-0.1, -0.05) is 0 Å². The van der Waals surface area contributed by atoms with Crippen LogP contribution in [0.4, 0.5) is 5.95 Å². The predicted molar refractivity (Wildman–Crippen MR) is 62.4 cm³/mol. The highest BCUT2D eigenvalue weighted by atomic mass is 16.5. The van der Waals surface area contributed by atoms with Crippen LogP contribution in [0.1, 0.15) is 16.8 Å². The highest BCUT2D eigenvalue weighted by molar-refractivity contribution is 5.97. The first-order valence-electron chi connectivity index (χ1n) is 5.04. The number of hydrogen-bond acceptors (Lipinski definition) is 7. The summed E-state index contributed by atoms with van der Waals surface area (Å²) in [5, 5.41) is 11.2. The van der Waals surface area contributed by atoms with E-state index in [9.17, 15) is 4.79 Å². The van der Waals surface area contributed by atoms with E-state index in [-0.39, 0.29) is 23.3 Å². The largest absolute Gasteiger partial charge is 0.480 e. The lowest BCUT2D eigenvalue weighted by molar-refractivity contribution is 0.0992. The Morgan fingerprint density at radius 1 is 1.39 bits per heavy atom. The van der Waals surface area contributed by atoms with Crippen molar-refractivity contribution in [2.75, 3.05) is 26.1 Å². The number of rotatable bonds is 6. The van der Waals surface area contributed by atoms with E-state index in [1.54, 1.807) is 0 Å². The minimum absolute atomic E-state index is 0.0220. The van der Waals surface area contributed by atoms with Crippen LogP contribution in [0, 0.1) is 11.3 Å². The van der Waals surface area contributed by atoms with Crippen LogP contribution >= 0.6 is 0 Å². The normalized spacial score (nSPS) is 9.39. The number of anilines is 1. The summed E-state index contributed by atoms with van der Waals surface area (Å²) in [6.07, 6.45) is 0.297. The zero-order chi connectivity index (χ0) is 13.5. The van der Waals surface area contributed by atoms with Crippen LogP contribution in [-0.2, 0) is 0 Å². The number of methoxy groups -OCH3 is 2. The zero-order valence-corrected chi connectivity index (χ0v) is 10.1. The number of hydrogen-bond donors (Lipinski definition) is 2. The molecule has 0 radical (unpaired) electrons. The van der Waals surface area contributed by atoms with Gasteiger partial charge in [0.05, 0.1) is 26.7 Å². The fraction of sp³-hybridized carbons (Fsp3) is 0.400. The van der Waals surface area contributed by atoms with Gasteiger partial charge in [0.25, 0.3) is 5.91 Å². The Bertz CT molecular complexity index is 458. The molecule has 0 aliphatic carbocycles. The van der Waals surface area contributed by atoms with Crippen molar-refractivity contribution in [1.82, 2.24) is 9.97 Å². The summed E-state index contributed by atoms with van der Waals surface area (Å²) in [5.74, 6) is -0.501. The molecular formula is C10H13N5O3. The summed E-state index contributed by atoms with van der Waals surface area (Å²) in [6, 6.07) is 1.97. The number of nitriles is 1. The monoisotopic (exact) mass is 251 g/mol. The van der Waals surface area contributed by atoms with Crippen molar-refractivity contribution < 1.29 is 14.3 Å². The molecule has 1 rings (SSSR count). The van der Waals surface area contributed by atoms with Gasteiger partial charge in [0.15, 0.2) is 5.56 Å². The van der Waals surface area contributed by atoms with Crippen LogP contribution in [0.15, 0.2) is 0 Å². The van der Waals surface area contributed by atoms with Crippen LogP contribution in [0.25, 0.3) is 0 Å². The van der Waals surface area contributed by atoms with Crippen LogP contribution < -0.4 is 20.5 Å². The maximum atomic E-state index is 11.3. The Kier molecular flexibility index (Phi) is 4.68. The Morgan fingerprint density at radius 3 is 2.33 bits per heavy atom. The lowest BCUT2D eigenvalue weighted by Gasteiger charge is -2.11. The zero-order valence-electron chi connectivity index (χ0n) is 10.1. The van der Waals surface area contributed by atoms with Crippen molar-refractivity contribution in [3.05, 3.63) is 5.56 Å². The molecule has 18 heavy (non-hydrogen) atoms. The van der Waals surface area contributed by atoms with Gasteiger partial charge >= 0.3 is 0 Å². The van der Waals surface area contributed by atoms with Crippen molar-refractivity contribution in [3.63, 3.8) is 0 Å². The topological polar surface area (TPSA) is 123 Å². The van der Waals surface area contributed by atoms with E-state index < -0.39 is 5.91 Å². The third kappa shape index (κ3) is 2.98. The van der Waals surface area contributed by atoms with E-state index in [0.717, 1.165) is 0 Å². The van der Waals surface area contributed by atoms with Gasteiger partial charge in [0.2, 0.25) is 17.7 Å². The molecule has 8 nitrogen and oxygen atoms in total. The lowest BCUT2D eigenvalue weighted by atomic mass is 10.3. The van der Waals surface area contributed by atoms with E-state index in [4.69, 9.17) is 20.5 Å². The van der Waals surface area contributed by atoms with Gasteiger partial charge in [0.1, 0.15) is 0 Å². The smallest absolute Gasteiger partial charge is 0.259 e. The number of primary amides is 1. The molecule has 0 aliphatic rings. The molecule has 0 unspecified atom stereocenters. The molecule has 0 fully saturated rings. The fourth-order valence-electron chi connectivity index (χ4n) is 1.24. The second kappa shape index (κ2) is 6.24. The van der Waals surface area contributed by atoms with Crippen molar-refractivity contribution in [2.24, 2.45) is 5.73 Å². The SMILES string of the molecule is COc1nc(NCCC#N)nc(OC)c1C(N)=O. The minimum Gasteiger partial charge on any atom is -0.480 e. The Labute approximate surface area is 104 Å². The summed E-state index contributed by atoms with van der Waals surface area (Å²) in [6.45, 7) is 0.374. The molecule has 1 aromatic heterocycles. The van der Waals surface area contributed by atoms with Crippen molar-refractivity contribution in [1.29, 1.82) is 5.26 Å². The third-order valence-electron chi connectivity index (χ3n) is 2.00. The maximum absolute atomic E-state index is 11.3. The quantitative estimate of drug-likeness (QED) is 0.677. The summed E-state index contributed by atoms with van der Waals surface area (Å²) in [5.41, 5.74) is 5.17. The van der Waals surface area contributed by atoms with Crippen molar-refractivity contribution >= 4 is 11.9 Å². The van der Waals surface area contributed by atoms with Gasteiger partial charge in [-0.05, 0) is 0 Å². The molecule has 1 heterocycles. The molecule has 1 aromatic rings. The molecule has 0 atom stereocenters. The molecule has 0 aromatic carbocycles. The van der Waals surface area contributed by atoms with E-state index in [2.05, 4.69) is 15.3 Å². The molecule has 0 saturated heterocycles. The van der Waals surface area contributed by atoms with Gasteiger partial charge < -0.3 is 20.5 Å². The van der Waals surface area contributed by atoms with Gasteiger partial charge in [-0.25, -0.2) is 0 Å². The molecule has 0 saturated carbocycles. The van der Waals surface area contributed by atoms with E-state index >= 15 is 0 Å². The Balaban J connectivity index is 3.10. The fourth-order valence-corrected chi connectivity index (χ4v) is 1.24. The van der Waals surface area contributed by atoms with Gasteiger partial charge in [-0.15, -0.1) is 0 Å². The number of amides is 1. The highest BCUT2D eigenvalue weighted by Gasteiger charge is 2.20. The van der Waals surface area contributed by atoms with E-state index in [1.165, 1.54) is 14.2 Å². The Hall–Kier alpha value is -2.56. The van der Waals surface area contributed by atoms with E-state index in [1.807, 2.05) is 6.07 Å². The molecule has 8 heteroatoms. The molecule has 0 bridgehead atoms. The van der Waals surface area contributed by atoms with Gasteiger partial charge in [-0.3, -0.25) is 4.79 Å². The summed E-state index contributed by atoms with van der Waals surface area (Å²) in [4.78, 5) is 19.2. The third-order valence-corrected chi connectivity index (χ3v) is 2.00. The van der Waals surface area contributed by atoms with Crippen LogP contribution in [0.2, 0.25) is 0 Å². The first kappa shape index (κ1) is 13.5. The van der Waals surface area contributed by atoms with Crippen LogP contribution in [0.3, 0.4) is 0 Å². The molecule has 0 aliphatic heterocycles. The first-order chi connectivity index (χ1) is 8.63.